The van der Waals surface area contributed by atoms with Gasteiger partial charge in [0, 0.05) is 56.8 Å². The molecule has 12 heteroatoms. The van der Waals surface area contributed by atoms with E-state index in [-0.39, 0.29) is 12.2 Å². The van der Waals surface area contributed by atoms with Crippen molar-refractivity contribution in [3.63, 3.8) is 0 Å². The van der Waals surface area contributed by atoms with E-state index in [1.165, 1.54) is 0 Å². The third kappa shape index (κ3) is 6.87. The zero-order valence-electron chi connectivity index (χ0n) is 9.64. The minimum atomic E-state index is -0.420. The lowest BCUT2D eigenvalue weighted by Crippen LogP contribution is -2.48. The van der Waals surface area contributed by atoms with Crippen LogP contribution in [0.3, 0.4) is 0 Å². The van der Waals surface area contributed by atoms with Crippen LogP contribution in [0.15, 0.2) is 0 Å². The first-order valence-electron chi connectivity index (χ1n) is 4.75. The van der Waals surface area contributed by atoms with Crippen LogP contribution < -0.4 is 0 Å². The van der Waals surface area contributed by atoms with Crippen molar-refractivity contribution in [2.24, 2.45) is 0 Å². The van der Waals surface area contributed by atoms with Gasteiger partial charge < -0.3 is 27.1 Å². The van der Waals surface area contributed by atoms with Crippen LogP contribution in [-0.2, 0) is 27.1 Å². The predicted molar refractivity (Wildman–Crippen MR) is 89.7 cm³/mol. The zero-order chi connectivity index (χ0) is 14.0. The second kappa shape index (κ2) is 13.0. The Morgan fingerprint density at radius 2 is 0.889 bits per heavy atom. The van der Waals surface area contributed by atoms with E-state index < -0.39 is 12.2 Å². The molecule has 6 nitrogen and oxygen atoms in total. The molecule has 0 aliphatic rings. The van der Waals surface area contributed by atoms with E-state index >= 15 is 0 Å². The van der Waals surface area contributed by atoms with Gasteiger partial charge >= 0.3 is 0 Å². The normalized spacial score (nSPS) is 18.3. The van der Waals surface area contributed by atoms with E-state index in [0.717, 1.165) is 0 Å². The fourth-order valence-corrected chi connectivity index (χ4v) is 2.87. The lowest BCUT2D eigenvalue weighted by atomic mass is 10.0. The van der Waals surface area contributed by atoms with E-state index in [9.17, 15) is 0 Å². The minimum Gasteiger partial charge on any atom is -0.363 e. The molecule has 0 aromatic rings. The summed E-state index contributed by atoms with van der Waals surface area (Å²) in [6, 6.07) is 0. The van der Waals surface area contributed by atoms with Crippen molar-refractivity contribution in [2.45, 2.75) is 24.4 Å². The molecular formula is C6H20O6P6. The fraction of sp³-hybridized carbons (Fsp3) is 1.00. The molecule has 0 radical (unpaired) electrons. The molecular weight excluding hydrogens is 354 g/mol. The lowest BCUT2D eigenvalue weighted by molar-refractivity contribution is -0.0624. The third-order valence-corrected chi connectivity index (χ3v) is 3.95. The maximum absolute atomic E-state index is 5.34. The molecule has 0 aliphatic carbocycles. The van der Waals surface area contributed by atoms with Crippen molar-refractivity contribution < 1.29 is 27.1 Å². The van der Waals surface area contributed by atoms with Gasteiger partial charge in [-0.2, -0.15) is 0 Å². The Kier molecular flexibility index (Phi) is 14.7. The molecule has 0 heterocycles. The van der Waals surface area contributed by atoms with Gasteiger partial charge in [-0.3, -0.25) is 0 Å². The SMILES string of the molecule is POCC(OP)C(OP)C(OP)C(COP)OP. The molecule has 0 saturated heterocycles. The summed E-state index contributed by atoms with van der Waals surface area (Å²) in [5.41, 5.74) is 0. The molecule has 10 unspecified atom stereocenters. The first-order valence-corrected chi connectivity index (χ1v) is 7.58. The molecule has 0 aromatic carbocycles. The van der Waals surface area contributed by atoms with Crippen LogP contribution in [0.25, 0.3) is 0 Å². The van der Waals surface area contributed by atoms with Crippen LogP contribution in [0, 0.1) is 0 Å². The van der Waals surface area contributed by atoms with Gasteiger partial charge in [0.25, 0.3) is 0 Å². The van der Waals surface area contributed by atoms with Gasteiger partial charge in [0.05, 0.1) is 13.2 Å². The van der Waals surface area contributed by atoms with Crippen molar-refractivity contribution >= 4 is 56.8 Å². The first-order chi connectivity index (χ1) is 8.69. The van der Waals surface area contributed by atoms with Crippen LogP contribution in [0.1, 0.15) is 0 Å². The molecule has 10 atom stereocenters. The van der Waals surface area contributed by atoms with E-state index in [1.54, 1.807) is 0 Å². The van der Waals surface area contributed by atoms with Gasteiger partial charge in [0.2, 0.25) is 0 Å². The van der Waals surface area contributed by atoms with Crippen LogP contribution >= 0.6 is 56.8 Å². The van der Waals surface area contributed by atoms with Crippen LogP contribution in [0.4, 0.5) is 0 Å². The van der Waals surface area contributed by atoms with E-state index in [0.29, 0.717) is 13.2 Å². The van der Waals surface area contributed by atoms with E-state index in [2.05, 4.69) is 56.8 Å². The van der Waals surface area contributed by atoms with Gasteiger partial charge in [-0.05, 0) is 0 Å². The maximum atomic E-state index is 5.34. The number of hydrogen-bond donors (Lipinski definition) is 0. The molecule has 18 heavy (non-hydrogen) atoms. The molecule has 0 rings (SSSR count). The summed E-state index contributed by atoms with van der Waals surface area (Å²) >= 11 is 0. The van der Waals surface area contributed by atoms with Crippen molar-refractivity contribution in [1.82, 2.24) is 0 Å². The molecule has 0 bridgehead atoms. The topological polar surface area (TPSA) is 55.4 Å². The quantitative estimate of drug-likeness (QED) is 0.509. The smallest absolute Gasteiger partial charge is 0.119 e. The average Bonchev–Trinajstić information content (AvgIpc) is 2.40. The van der Waals surface area contributed by atoms with Crippen LogP contribution in [-0.4, -0.2) is 37.6 Å². The summed E-state index contributed by atoms with van der Waals surface area (Å²) in [6.45, 7) is 0.645. The second-order valence-corrected chi connectivity index (χ2v) is 4.97. The Morgan fingerprint density at radius 3 is 1.06 bits per heavy atom. The van der Waals surface area contributed by atoms with Gasteiger partial charge in [-0.15, -0.1) is 0 Å². The number of hydrogen-bond acceptors (Lipinski definition) is 6. The highest BCUT2D eigenvalue weighted by atomic mass is 31.0. The Hall–Kier alpha value is 2.34. The highest BCUT2D eigenvalue weighted by Gasteiger charge is 2.36. The van der Waals surface area contributed by atoms with Gasteiger partial charge in [0.1, 0.15) is 24.4 Å². The molecule has 0 aromatic heterocycles. The molecule has 0 fully saturated rings. The summed E-state index contributed by atoms with van der Waals surface area (Å²) in [4.78, 5) is 0. The molecule has 110 valence electrons. The average molecular weight is 374 g/mol. The van der Waals surface area contributed by atoms with Gasteiger partial charge in [-0.25, -0.2) is 0 Å². The van der Waals surface area contributed by atoms with E-state index in [1.807, 2.05) is 0 Å². The van der Waals surface area contributed by atoms with Crippen molar-refractivity contribution in [2.75, 3.05) is 13.2 Å². The Morgan fingerprint density at radius 1 is 0.556 bits per heavy atom. The van der Waals surface area contributed by atoms with Crippen molar-refractivity contribution in [3.05, 3.63) is 0 Å². The molecule has 0 spiro atoms. The van der Waals surface area contributed by atoms with Crippen LogP contribution in [0.5, 0.6) is 0 Å². The van der Waals surface area contributed by atoms with Gasteiger partial charge in [-0.1, -0.05) is 0 Å². The standard InChI is InChI=1S/C6H20O6P6/c13-7-1-3(9-15)5(11-17)6(12-18)4(10-16)2-8-14/h3-6H,1-2,13-18H2. The van der Waals surface area contributed by atoms with Crippen LogP contribution in [0.2, 0.25) is 0 Å². The zero-order valence-corrected chi connectivity index (χ0v) is 16.6. The first kappa shape index (κ1) is 20.3. The fourth-order valence-electron chi connectivity index (χ4n) is 1.37. The Balaban J connectivity index is 4.81. The van der Waals surface area contributed by atoms with Crippen molar-refractivity contribution in [3.8, 4) is 0 Å². The van der Waals surface area contributed by atoms with E-state index in [4.69, 9.17) is 27.1 Å². The molecule has 0 amide bonds. The Labute approximate surface area is 122 Å². The summed E-state index contributed by atoms with van der Waals surface area (Å²) < 4.78 is 31.1. The largest absolute Gasteiger partial charge is 0.363 e. The van der Waals surface area contributed by atoms with Crippen molar-refractivity contribution in [1.29, 1.82) is 0 Å². The summed E-state index contributed by atoms with van der Waals surface area (Å²) in [5.74, 6) is 0. The second-order valence-electron chi connectivity index (χ2n) is 3.22. The summed E-state index contributed by atoms with van der Waals surface area (Å²) in [6.07, 6.45) is -1.53. The Bertz CT molecular complexity index is 181. The molecule has 0 saturated carbocycles. The number of rotatable bonds is 11. The maximum Gasteiger partial charge on any atom is 0.119 e. The van der Waals surface area contributed by atoms with Gasteiger partial charge in [0.15, 0.2) is 0 Å². The predicted octanol–water partition coefficient (Wildman–Crippen LogP) is 1.30. The third-order valence-electron chi connectivity index (χ3n) is 2.24. The monoisotopic (exact) mass is 374 g/mol. The molecule has 0 aliphatic heterocycles. The summed E-state index contributed by atoms with van der Waals surface area (Å²) in [5, 5.41) is 0. The summed E-state index contributed by atoms with van der Waals surface area (Å²) in [7, 11) is 13.1. The lowest BCUT2D eigenvalue weighted by Gasteiger charge is -2.33. The minimum absolute atomic E-state index is 0.322. The highest BCUT2D eigenvalue weighted by molar-refractivity contribution is 7.11. The molecule has 0 N–H and O–H groups in total. The highest BCUT2D eigenvalue weighted by Crippen LogP contribution is 2.24.